The third-order valence-electron chi connectivity index (χ3n) is 6.46. The summed E-state index contributed by atoms with van der Waals surface area (Å²) in [6.07, 6.45) is 5.63. The van der Waals surface area contributed by atoms with Crippen LogP contribution in [-0.4, -0.2) is 62.6 Å². The lowest BCUT2D eigenvalue weighted by Crippen LogP contribution is -2.19. The molecule has 9 heteroatoms. The number of likely N-dealkylation sites (N-methyl/N-ethyl adjacent to an activating group) is 1. The first kappa shape index (κ1) is 22.9. The molecule has 1 saturated carbocycles. The monoisotopic (exact) mass is 472 g/mol. The molecule has 5 rings (SSSR count). The fraction of sp³-hybridized carbons (Fsp3) is 0.308. The van der Waals surface area contributed by atoms with Crippen molar-refractivity contribution in [1.29, 1.82) is 0 Å². The molecular weight excluding hydrogens is 444 g/mol. The lowest BCUT2D eigenvalue weighted by molar-refractivity contribution is 0.0706. The second-order valence-corrected chi connectivity index (χ2v) is 9.15. The van der Waals surface area contributed by atoms with E-state index in [4.69, 9.17) is 19.9 Å². The minimum absolute atomic E-state index is 0.272. The van der Waals surface area contributed by atoms with Gasteiger partial charge in [-0.2, -0.15) is 0 Å². The maximum atomic E-state index is 11.7. The molecule has 4 aromatic rings. The maximum Gasteiger partial charge on any atom is 0.274 e. The molecule has 1 aliphatic carbocycles. The van der Waals surface area contributed by atoms with Crippen molar-refractivity contribution in [1.82, 2.24) is 29.7 Å². The fourth-order valence-corrected chi connectivity index (χ4v) is 4.38. The summed E-state index contributed by atoms with van der Waals surface area (Å²) in [4.78, 5) is 28.1. The number of pyridine rings is 1. The van der Waals surface area contributed by atoms with E-state index in [1.165, 1.54) is 0 Å². The van der Waals surface area contributed by atoms with E-state index in [-0.39, 0.29) is 5.41 Å². The number of nitrogens with zero attached hydrogens (tertiary/aromatic N) is 5. The number of aryl methyl sites for hydroxylation is 1. The Bertz CT molecular complexity index is 1380. The van der Waals surface area contributed by atoms with Gasteiger partial charge in [-0.05, 0) is 63.7 Å². The topological polar surface area (TPSA) is 105 Å². The molecule has 0 spiro atoms. The minimum atomic E-state index is -0.533. The zero-order valence-corrected chi connectivity index (χ0v) is 20.0. The summed E-state index contributed by atoms with van der Waals surface area (Å²) in [6, 6.07) is 13.0. The van der Waals surface area contributed by atoms with Crippen molar-refractivity contribution in [3.8, 4) is 17.1 Å². The van der Waals surface area contributed by atoms with E-state index in [0.29, 0.717) is 12.2 Å². The van der Waals surface area contributed by atoms with E-state index < -0.39 is 5.91 Å². The van der Waals surface area contributed by atoms with E-state index in [9.17, 15) is 4.79 Å². The largest absolute Gasteiger partial charge is 0.492 e. The van der Waals surface area contributed by atoms with Gasteiger partial charge >= 0.3 is 0 Å². The summed E-state index contributed by atoms with van der Waals surface area (Å²) in [5.41, 5.74) is 6.26. The molecule has 1 aromatic carbocycles. The molecule has 0 aliphatic heterocycles. The zero-order valence-electron chi connectivity index (χ0n) is 20.0. The van der Waals surface area contributed by atoms with Gasteiger partial charge in [-0.25, -0.2) is 20.4 Å². The highest BCUT2D eigenvalue weighted by Gasteiger charge is 2.48. The summed E-state index contributed by atoms with van der Waals surface area (Å²) in [6.45, 7) is 3.43. The van der Waals surface area contributed by atoms with Crippen LogP contribution in [0.4, 0.5) is 0 Å². The molecule has 0 unspecified atom stereocenters. The molecule has 1 aliphatic rings. The normalized spacial score (nSPS) is 14.3. The Morgan fingerprint density at radius 2 is 1.94 bits per heavy atom. The summed E-state index contributed by atoms with van der Waals surface area (Å²) in [5.74, 6) is 1.01. The molecule has 1 amide bonds. The smallest absolute Gasteiger partial charge is 0.274 e. The number of fused-ring (bicyclic) bond motifs is 1. The molecule has 0 saturated heterocycles. The highest BCUT2D eigenvalue weighted by atomic mass is 16.5. The van der Waals surface area contributed by atoms with Crippen molar-refractivity contribution in [3.05, 3.63) is 77.5 Å². The first-order chi connectivity index (χ1) is 16.9. The van der Waals surface area contributed by atoms with Gasteiger partial charge in [0.05, 0.1) is 22.5 Å². The van der Waals surface area contributed by atoms with Crippen molar-refractivity contribution in [3.63, 3.8) is 0 Å². The number of hydrogen-bond acceptors (Lipinski definition) is 7. The highest BCUT2D eigenvalue weighted by molar-refractivity contribution is 5.93. The number of hydrogen-bond donors (Lipinski definition) is 2. The van der Waals surface area contributed by atoms with Crippen LogP contribution < -0.4 is 10.2 Å². The van der Waals surface area contributed by atoms with Gasteiger partial charge in [0.2, 0.25) is 0 Å². The Morgan fingerprint density at radius 1 is 1.17 bits per heavy atom. The Balaban J connectivity index is 1.45. The summed E-state index contributed by atoms with van der Waals surface area (Å²) in [7, 11) is 4.03. The summed E-state index contributed by atoms with van der Waals surface area (Å²) < 4.78 is 7.90. The molecular formula is C26H28N6O3. The fourth-order valence-electron chi connectivity index (χ4n) is 4.38. The lowest BCUT2D eigenvalue weighted by atomic mass is 9.93. The Morgan fingerprint density at radius 3 is 2.63 bits per heavy atom. The van der Waals surface area contributed by atoms with Gasteiger partial charge in [-0.15, -0.1) is 0 Å². The zero-order chi connectivity index (χ0) is 24.6. The van der Waals surface area contributed by atoms with Crippen LogP contribution >= 0.6 is 0 Å². The van der Waals surface area contributed by atoms with Crippen LogP contribution in [0, 0.1) is 6.92 Å². The van der Waals surface area contributed by atoms with Crippen LogP contribution in [0.15, 0.2) is 54.9 Å². The molecule has 0 atom stereocenters. The first-order valence-corrected chi connectivity index (χ1v) is 11.6. The third-order valence-corrected chi connectivity index (χ3v) is 6.46. The van der Waals surface area contributed by atoms with Crippen LogP contribution in [0.2, 0.25) is 0 Å². The first-order valence-electron chi connectivity index (χ1n) is 11.6. The van der Waals surface area contributed by atoms with Gasteiger partial charge in [-0.3, -0.25) is 14.4 Å². The van der Waals surface area contributed by atoms with Gasteiger partial charge in [0.15, 0.2) is 0 Å². The number of benzene rings is 1. The van der Waals surface area contributed by atoms with Crippen LogP contribution in [0.5, 0.6) is 5.75 Å². The van der Waals surface area contributed by atoms with Crippen molar-refractivity contribution in [2.45, 2.75) is 25.2 Å². The average molecular weight is 473 g/mol. The molecule has 180 valence electrons. The standard InChI is InChI=1S/C26H28N6O3/c1-17-23(32-13-9-20(16-22(32)28-17)35-15-14-31(2)3)21-8-12-27-25(29-21)26(10-11-26)19-6-4-18(5-7-19)24(33)30-34/h4-9,12-13,16,34H,10-11,14-15H2,1-3H3,(H,30,33). The number of nitrogens with one attached hydrogen (secondary N) is 1. The van der Waals surface area contributed by atoms with Gasteiger partial charge in [0, 0.05) is 30.6 Å². The SMILES string of the molecule is Cc1nc2cc(OCCN(C)C)ccn2c1-c1ccnc(C2(c3ccc(C(=O)NO)cc3)CC2)n1. The average Bonchev–Trinajstić information content (AvgIpc) is 3.61. The Labute approximate surface area is 203 Å². The maximum absolute atomic E-state index is 11.7. The number of amides is 1. The number of carbonyl (C=O) groups excluding carboxylic acids is 1. The predicted molar refractivity (Wildman–Crippen MR) is 131 cm³/mol. The van der Waals surface area contributed by atoms with E-state index in [2.05, 4.69) is 9.88 Å². The number of ether oxygens (including phenoxy) is 1. The van der Waals surface area contributed by atoms with E-state index in [1.54, 1.807) is 23.8 Å². The van der Waals surface area contributed by atoms with Gasteiger partial charge in [-0.1, -0.05) is 12.1 Å². The molecule has 3 aromatic heterocycles. The predicted octanol–water partition coefficient (Wildman–Crippen LogP) is 3.24. The van der Waals surface area contributed by atoms with Crippen molar-refractivity contribution in [2.75, 3.05) is 27.2 Å². The van der Waals surface area contributed by atoms with Crippen molar-refractivity contribution >= 4 is 11.6 Å². The second kappa shape index (κ2) is 9.09. The van der Waals surface area contributed by atoms with E-state index >= 15 is 0 Å². The summed E-state index contributed by atoms with van der Waals surface area (Å²) in [5, 5.41) is 8.86. The van der Waals surface area contributed by atoms with Crippen LogP contribution in [0.1, 0.15) is 40.3 Å². The number of hydroxylamine groups is 1. The highest BCUT2D eigenvalue weighted by Crippen LogP contribution is 2.52. The molecule has 9 nitrogen and oxygen atoms in total. The Kier molecular flexibility index (Phi) is 5.96. The van der Waals surface area contributed by atoms with Crippen LogP contribution in [-0.2, 0) is 5.41 Å². The Hall–Kier alpha value is -3.82. The van der Waals surface area contributed by atoms with Crippen molar-refractivity contribution in [2.24, 2.45) is 0 Å². The molecule has 35 heavy (non-hydrogen) atoms. The molecule has 0 radical (unpaired) electrons. The molecule has 0 bridgehead atoms. The third kappa shape index (κ3) is 4.36. The quantitative estimate of drug-likeness (QED) is 0.300. The van der Waals surface area contributed by atoms with Gasteiger partial charge in [0.25, 0.3) is 5.91 Å². The number of carbonyl (C=O) groups is 1. The van der Waals surface area contributed by atoms with Gasteiger partial charge in [0.1, 0.15) is 23.8 Å². The second-order valence-electron chi connectivity index (χ2n) is 9.15. The lowest BCUT2D eigenvalue weighted by Gasteiger charge is -2.16. The van der Waals surface area contributed by atoms with E-state index in [1.807, 2.05) is 61.9 Å². The van der Waals surface area contributed by atoms with Gasteiger partial charge < -0.3 is 9.64 Å². The molecule has 1 fully saturated rings. The van der Waals surface area contributed by atoms with Crippen molar-refractivity contribution < 1.29 is 14.7 Å². The van der Waals surface area contributed by atoms with E-state index in [0.717, 1.165) is 59.3 Å². The van der Waals surface area contributed by atoms with Crippen LogP contribution in [0.3, 0.4) is 0 Å². The minimum Gasteiger partial charge on any atom is -0.492 e. The molecule has 3 heterocycles. The van der Waals surface area contributed by atoms with Crippen LogP contribution in [0.25, 0.3) is 17.0 Å². The number of rotatable bonds is 8. The number of aromatic nitrogens is 4. The summed E-state index contributed by atoms with van der Waals surface area (Å²) >= 11 is 0. The molecule has 2 N–H and O–H groups in total. The number of imidazole rings is 1.